The summed E-state index contributed by atoms with van der Waals surface area (Å²) in [6.07, 6.45) is 3.65. The maximum absolute atomic E-state index is 13.3. The Labute approximate surface area is 163 Å². The molecule has 1 aromatic carbocycles. The highest BCUT2D eigenvalue weighted by atomic mass is 19.1. The van der Waals surface area contributed by atoms with Crippen molar-refractivity contribution in [2.45, 2.75) is 32.6 Å². The van der Waals surface area contributed by atoms with Crippen molar-refractivity contribution in [3.05, 3.63) is 47.5 Å². The van der Waals surface area contributed by atoms with Crippen LogP contribution < -0.4 is 0 Å². The van der Waals surface area contributed by atoms with Gasteiger partial charge in [-0.3, -0.25) is 9.59 Å². The van der Waals surface area contributed by atoms with Crippen molar-refractivity contribution in [2.24, 2.45) is 17.8 Å². The van der Waals surface area contributed by atoms with Gasteiger partial charge in [0.05, 0.1) is 29.1 Å². The van der Waals surface area contributed by atoms with Gasteiger partial charge in [-0.1, -0.05) is 13.8 Å². The SMILES string of the molecule is CC(C)c1c(C(=O)N2C[C@H](C(=O)O)[C@@H](C3CC3)C2)cnn1-c1ccc(F)cc1. The zero-order valence-corrected chi connectivity index (χ0v) is 16.0. The Kier molecular flexibility index (Phi) is 4.69. The molecule has 1 aliphatic carbocycles. The number of carbonyl (C=O) groups excluding carboxylic acids is 1. The number of carboxylic acid groups (broad SMARTS) is 1. The van der Waals surface area contributed by atoms with Gasteiger partial charge < -0.3 is 10.0 Å². The molecule has 7 heteroatoms. The van der Waals surface area contributed by atoms with E-state index in [-0.39, 0.29) is 30.1 Å². The second-order valence-corrected chi connectivity index (χ2v) is 8.14. The monoisotopic (exact) mass is 385 g/mol. The lowest BCUT2D eigenvalue weighted by Crippen LogP contribution is -2.30. The largest absolute Gasteiger partial charge is 0.481 e. The number of aliphatic carboxylic acids is 1. The molecule has 2 fully saturated rings. The molecular formula is C21H24FN3O3. The van der Waals surface area contributed by atoms with E-state index in [1.165, 1.54) is 12.1 Å². The summed E-state index contributed by atoms with van der Waals surface area (Å²) in [7, 11) is 0. The van der Waals surface area contributed by atoms with E-state index in [4.69, 9.17) is 0 Å². The van der Waals surface area contributed by atoms with E-state index in [0.717, 1.165) is 18.5 Å². The minimum Gasteiger partial charge on any atom is -0.481 e. The summed E-state index contributed by atoms with van der Waals surface area (Å²) >= 11 is 0. The predicted molar refractivity (Wildman–Crippen MR) is 101 cm³/mol. The van der Waals surface area contributed by atoms with Crippen LogP contribution in [0.25, 0.3) is 5.69 Å². The Morgan fingerprint density at radius 1 is 1.18 bits per heavy atom. The fraction of sp³-hybridized carbons (Fsp3) is 0.476. The van der Waals surface area contributed by atoms with Gasteiger partial charge in [-0.05, 0) is 54.9 Å². The first-order valence-corrected chi connectivity index (χ1v) is 9.72. The Hall–Kier alpha value is -2.70. The number of benzene rings is 1. The maximum atomic E-state index is 13.3. The number of nitrogens with zero attached hydrogens (tertiary/aromatic N) is 3. The molecule has 0 unspecified atom stereocenters. The summed E-state index contributed by atoms with van der Waals surface area (Å²) in [5, 5.41) is 13.9. The molecule has 6 nitrogen and oxygen atoms in total. The molecule has 1 amide bonds. The molecule has 2 aromatic rings. The maximum Gasteiger partial charge on any atom is 0.308 e. The number of carboxylic acids is 1. The molecule has 28 heavy (non-hydrogen) atoms. The van der Waals surface area contributed by atoms with Crippen LogP contribution in [0, 0.1) is 23.6 Å². The molecule has 2 heterocycles. The average Bonchev–Trinajstić information content (AvgIpc) is 3.24. The van der Waals surface area contributed by atoms with E-state index in [1.807, 2.05) is 13.8 Å². The van der Waals surface area contributed by atoms with E-state index in [2.05, 4.69) is 5.10 Å². The van der Waals surface area contributed by atoms with Crippen LogP contribution in [0.4, 0.5) is 4.39 Å². The second-order valence-electron chi connectivity index (χ2n) is 8.14. The molecule has 2 atom stereocenters. The lowest BCUT2D eigenvalue weighted by Gasteiger charge is -2.18. The fourth-order valence-corrected chi connectivity index (χ4v) is 4.29. The van der Waals surface area contributed by atoms with Crippen LogP contribution >= 0.6 is 0 Å². The lowest BCUT2D eigenvalue weighted by atomic mass is 9.92. The van der Waals surface area contributed by atoms with Crippen molar-refractivity contribution in [3.63, 3.8) is 0 Å². The number of hydrogen-bond acceptors (Lipinski definition) is 3. The Balaban J connectivity index is 1.64. The van der Waals surface area contributed by atoms with Crippen molar-refractivity contribution in [1.82, 2.24) is 14.7 Å². The lowest BCUT2D eigenvalue weighted by molar-refractivity contribution is -0.142. The van der Waals surface area contributed by atoms with Gasteiger partial charge >= 0.3 is 5.97 Å². The third-order valence-corrected chi connectivity index (χ3v) is 5.85. The average molecular weight is 385 g/mol. The van der Waals surface area contributed by atoms with E-state index in [1.54, 1.807) is 27.9 Å². The number of rotatable bonds is 5. The van der Waals surface area contributed by atoms with Crippen molar-refractivity contribution < 1.29 is 19.1 Å². The van der Waals surface area contributed by atoms with E-state index < -0.39 is 11.9 Å². The Morgan fingerprint density at radius 2 is 1.86 bits per heavy atom. The number of halogens is 1. The minimum absolute atomic E-state index is 0.0172. The van der Waals surface area contributed by atoms with Gasteiger partial charge in [-0.25, -0.2) is 9.07 Å². The molecule has 0 spiro atoms. The minimum atomic E-state index is -0.821. The number of aromatic nitrogens is 2. The summed E-state index contributed by atoms with van der Waals surface area (Å²) in [6.45, 7) is 4.68. The first kappa shape index (κ1) is 18.7. The van der Waals surface area contributed by atoms with Gasteiger partial charge in [0.15, 0.2) is 0 Å². The zero-order chi connectivity index (χ0) is 20.0. The molecule has 1 saturated heterocycles. The standard InChI is InChI=1S/C21H24FN3O3/c1-12(2)19-16(9-23-25(19)15-7-5-14(22)6-8-15)20(26)24-10-17(13-3-4-13)18(11-24)21(27)28/h5-9,12-13,17-18H,3-4,10-11H2,1-2H3,(H,27,28)/t17-,18+/m1/s1. The molecule has 4 rings (SSSR count). The fourth-order valence-electron chi connectivity index (χ4n) is 4.29. The van der Waals surface area contributed by atoms with Gasteiger partial charge in [-0.2, -0.15) is 5.10 Å². The molecule has 2 aliphatic rings. The van der Waals surface area contributed by atoms with E-state index >= 15 is 0 Å². The van der Waals surface area contributed by atoms with Gasteiger partial charge in [0.2, 0.25) is 0 Å². The second kappa shape index (κ2) is 7.04. The van der Waals surface area contributed by atoms with Gasteiger partial charge in [0.1, 0.15) is 5.82 Å². The Bertz CT molecular complexity index is 902. The predicted octanol–water partition coefficient (Wildman–Crippen LogP) is 3.32. The van der Waals surface area contributed by atoms with Crippen LogP contribution in [-0.4, -0.2) is 44.8 Å². The number of carbonyl (C=O) groups is 2. The van der Waals surface area contributed by atoms with Crippen molar-refractivity contribution in [2.75, 3.05) is 13.1 Å². The third-order valence-electron chi connectivity index (χ3n) is 5.85. The Morgan fingerprint density at radius 3 is 2.43 bits per heavy atom. The summed E-state index contributed by atoms with van der Waals surface area (Å²) in [5.74, 6) is -1.35. The number of amides is 1. The van der Waals surface area contributed by atoms with Crippen LogP contribution in [0.1, 0.15) is 48.7 Å². The molecule has 148 valence electrons. The van der Waals surface area contributed by atoms with Crippen LogP contribution in [0.15, 0.2) is 30.5 Å². The van der Waals surface area contributed by atoms with Crippen LogP contribution in [0.2, 0.25) is 0 Å². The molecule has 0 radical (unpaired) electrons. The van der Waals surface area contributed by atoms with Crippen molar-refractivity contribution in [3.8, 4) is 5.69 Å². The van der Waals surface area contributed by atoms with Gasteiger partial charge in [0, 0.05) is 13.1 Å². The topological polar surface area (TPSA) is 75.4 Å². The first-order valence-electron chi connectivity index (χ1n) is 9.72. The molecule has 1 aliphatic heterocycles. The smallest absolute Gasteiger partial charge is 0.308 e. The summed E-state index contributed by atoms with van der Waals surface area (Å²) in [4.78, 5) is 26.6. The van der Waals surface area contributed by atoms with Crippen molar-refractivity contribution in [1.29, 1.82) is 0 Å². The highest BCUT2D eigenvalue weighted by Gasteiger charge is 2.47. The normalized spacial score (nSPS) is 22.1. The third kappa shape index (κ3) is 3.30. The summed E-state index contributed by atoms with van der Waals surface area (Å²) in [6, 6.07) is 5.98. The summed E-state index contributed by atoms with van der Waals surface area (Å²) in [5.41, 5.74) is 1.92. The van der Waals surface area contributed by atoms with E-state index in [0.29, 0.717) is 23.7 Å². The molecule has 1 N–H and O–H groups in total. The van der Waals surface area contributed by atoms with Crippen molar-refractivity contribution >= 4 is 11.9 Å². The molecule has 1 aromatic heterocycles. The molecule has 0 bridgehead atoms. The first-order chi connectivity index (χ1) is 13.4. The summed E-state index contributed by atoms with van der Waals surface area (Å²) < 4.78 is 14.9. The molecular weight excluding hydrogens is 361 g/mol. The highest BCUT2D eigenvalue weighted by Crippen LogP contribution is 2.44. The zero-order valence-electron chi connectivity index (χ0n) is 16.0. The van der Waals surface area contributed by atoms with Crippen LogP contribution in [0.5, 0.6) is 0 Å². The van der Waals surface area contributed by atoms with Gasteiger partial charge in [-0.15, -0.1) is 0 Å². The number of hydrogen-bond donors (Lipinski definition) is 1. The molecule has 1 saturated carbocycles. The number of likely N-dealkylation sites (tertiary alicyclic amines) is 1. The highest BCUT2D eigenvalue weighted by molar-refractivity contribution is 5.96. The van der Waals surface area contributed by atoms with Crippen LogP contribution in [-0.2, 0) is 4.79 Å². The quantitative estimate of drug-likeness (QED) is 0.857. The van der Waals surface area contributed by atoms with E-state index in [9.17, 15) is 19.1 Å². The van der Waals surface area contributed by atoms with Gasteiger partial charge in [0.25, 0.3) is 5.91 Å². The van der Waals surface area contributed by atoms with Crippen LogP contribution in [0.3, 0.4) is 0 Å².